The molecule has 0 radical (unpaired) electrons. The summed E-state index contributed by atoms with van der Waals surface area (Å²) >= 11 is 3.78. The van der Waals surface area contributed by atoms with Crippen molar-refractivity contribution in [3.63, 3.8) is 0 Å². The van der Waals surface area contributed by atoms with Gasteiger partial charge in [0.1, 0.15) is 0 Å². The predicted molar refractivity (Wildman–Crippen MR) is 78.5 cm³/mol. The van der Waals surface area contributed by atoms with Crippen LogP contribution in [0.15, 0.2) is 29.2 Å². The molecule has 2 aliphatic heterocycles. The number of thioether (sulfide) groups is 2. The van der Waals surface area contributed by atoms with E-state index >= 15 is 0 Å². The monoisotopic (exact) mass is 279 g/mol. The van der Waals surface area contributed by atoms with Crippen LogP contribution in [0, 0.1) is 0 Å². The van der Waals surface area contributed by atoms with Gasteiger partial charge in [-0.2, -0.15) is 11.8 Å². The van der Waals surface area contributed by atoms with Crippen LogP contribution in [0.3, 0.4) is 0 Å². The highest BCUT2D eigenvalue weighted by molar-refractivity contribution is 8.00. The van der Waals surface area contributed by atoms with Crippen molar-refractivity contribution in [1.29, 1.82) is 0 Å². The van der Waals surface area contributed by atoms with Gasteiger partial charge in [-0.25, -0.2) is 0 Å². The molecule has 0 spiro atoms. The van der Waals surface area contributed by atoms with Crippen LogP contribution < -0.4 is 0 Å². The van der Waals surface area contributed by atoms with Crippen LogP contribution in [0.5, 0.6) is 0 Å². The molecule has 0 aliphatic carbocycles. The fraction of sp³-hybridized carbons (Fsp3) is 0.500. The molecule has 0 N–H and O–H groups in total. The van der Waals surface area contributed by atoms with Gasteiger partial charge in [-0.1, -0.05) is 19.1 Å². The zero-order valence-corrected chi connectivity index (χ0v) is 12.1. The number of hydrogen-bond acceptors (Lipinski definition) is 3. The van der Waals surface area contributed by atoms with E-state index in [-0.39, 0.29) is 5.91 Å². The molecule has 2 nitrogen and oxygen atoms in total. The Labute approximate surface area is 117 Å². The van der Waals surface area contributed by atoms with Crippen molar-refractivity contribution >= 4 is 29.4 Å². The first-order valence-corrected chi connectivity index (χ1v) is 8.47. The number of benzene rings is 1. The number of hydrogen-bond donors (Lipinski definition) is 0. The molecule has 1 aromatic rings. The molecule has 2 heterocycles. The molecule has 2 aliphatic rings. The predicted octanol–water partition coefficient (Wildman–Crippen LogP) is 3.13. The van der Waals surface area contributed by atoms with E-state index in [4.69, 9.17) is 0 Å². The lowest BCUT2D eigenvalue weighted by molar-refractivity contribution is 0.0744. The fourth-order valence-electron chi connectivity index (χ4n) is 2.73. The molecule has 2 bridgehead atoms. The van der Waals surface area contributed by atoms with Gasteiger partial charge in [-0.05, 0) is 24.3 Å². The van der Waals surface area contributed by atoms with Crippen molar-refractivity contribution in [1.82, 2.24) is 4.90 Å². The number of fused-ring (bicyclic) bond motifs is 2. The Morgan fingerprint density at radius 1 is 1.50 bits per heavy atom. The van der Waals surface area contributed by atoms with Crippen LogP contribution in [0.25, 0.3) is 0 Å². The average molecular weight is 279 g/mol. The molecule has 1 amide bonds. The van der Waals surface area contributed by atoms with E-state index in [0.717, 1.165) is 28.5 Å². The van der Waals surface area contributed by atoms with Gasteiger partial charge in [0, 0.05) is 28.5 Å². The Hall–Kier alpha value is -0.610. The molecular weight excluding hydrogens is 262 g/mol. The van der Waals surface area contributed by atoms with Crippen LogP contribution in [-0.4, -0.2) is 40.1 Å². The highest BCUT2D eigenvalue weighted by Crippen LogP contribution is 2.38. The SMILES string of the molecule is CCSc1ccccc1C(=O)N1CC2CC1CS2. The van der Waals surface area contributed by atoms with Crippen LogP contribution in [0.1, 0.15) is 23.7 Å². The quantitative estimate of drug-likeness (QED) is 0.793. The summed E-state index contributed by atoms with van der Waals surface area (Å²) in [6.07, 6.45) is 1.19. The first-order valence-electron chi connectivity index (χ1n) is 6.44. The Balaban J connectivity index is 1.84. The van der Waals surface area contributed by atoms with Crippen LogP contribution in [0.2, 0.25) is 0 Å². The first kappa shape index (κ1) is 12.4. The summed E-state index contributed by atoms with van der Waals surface area (Å²) in [5, 5.41) is 0.685. The summed E-state index contributed by atoms with van der Waals surface area (Å²) < 4.78 is 0. The van der Waals surface area contributed by atoms with Crippen LogP contribution >= 0.6 is 23.5 Å². The molecular formula is C14H17NOS2. The third-order valence-corrected chi connectivity index (χ3v) is 5.92. The molecule has 2 fully saturated rings. The van der Waals surface area contributed by atoms with E-state index in [1.165, 1.54) is 6.42 Å². The van der Waals surface area contributed by atoms with Crippen molar-refractivity contribution in [3.05, 3.63) is 29.8 Å². The number of carbonyl (C=O) groups excluding carboxylic acids is 1. The Bertz CT molecular complexity index is 463. The van der Waals surface area contributed by atoms with Crippen molar-refractivity contribution in [2.24, 2.45) is 0 Å². The second kappa shape index (κ2) is 5.17. The second-order valence-electron chi connectivity index (χ2n) is 4.73. The van der Waals surface area contributed by atoms with Crippen LogP contribution in [-0.2, 0) is 0 Å². The third-order valence-electron chi connectivity index (χ3n) is 3.58. The van der Waals surface area contributed by atoms with Gasteiger partial charge in [0.2, 0.25) is 0 Å². The Morgan fingerprint density at radius 2 is 2.33 bits per heavy atom. The normalized spacial score (nSPS) is 25.7. The van der Waals surface area contributed by atoms with Gasteiger partial charge in [0.25, 0.3) is 5.91 Å². The molecule has 96 valence electrons. The Kier molecular flexibility index (Phi) is 3.57. The number of rotatable bonds is 3. The van der Waals surface area contributed by atoms with Gasteiger partial charge in [0.15, 0.2) is 0 Å². The van der Waals surface area contributed by atoms with Crippen molar-refractivity contribution in [2.45, 2.75) is 29.5 Å². The molecule has 18 heavy (non-hydrogen) atoms. The minimum Gasteiger partial charge on any atom is -0.334 e. The van der Waals surface area contributed by atoms with E-state index < -0.39 is 0 Å². The highest BCUT2D eigenvalue weighted by Gasteiger charge is 2.41. The Morgan fingerprint density at radius 3 is 3.00 bits per heavy atom. The molecule has 2 atom stereocenters. The largest absolute Gasteiger partial charge is 0.334 e. The number of likely N-dealkylation sites (tertiary alicyclic amines) is 1. The summed E-state index contributed by atoms with van der Waals surface area (Å²) in [6.45, 7) is 3.07. The van der Waals surface area contributed by atoms with Gasteiger partial charge in [0.05, 0.1) is 5.56 Å². The van der Waals surface area contributed by atoms with E-state index in [1.54, 1.807) is 11.8 Å². The van der Waals surface area contributed by atoms with E-state index in [2.05, 4.69) is 17.9 Å². The summed E-state index contributed by atoms with van der Waals surface area (Å²) in [5.41, 5.74) is 0.891. The minimum absolute atomic E-state index is 0.236. The molecule has 2 saturated heterocycles. The lowest BCUT2D eigenvalue weighted by Gasteiger charge is -2.27. The van der Waals surface area contributed by atoms with E-state index in [1.807, 2.05) is 30.0 Å². The molecule has 1 aromatic carbocycles. The number of nitrogens with zero attached hydrogens (tertiary/aromatic N) is 1. The fourth-order valence-corrected chi connectivity index (χ4v) is 4.96. The second-order valence-corrected chi connectivity index (χ2v) is 7.37. The van der Waals surface area contributed by atoms with Crippen molar-refractivity contribution in [2.75, 3.05) is 18.1 Å². The molecule has 4 heteroatoms. The maximum atomic E-state index is 12.6. The zero-order valence-electron chi connectivity index (χ0n) is 10.5. The lowest BCUT2D eigenvalue weighted by Crippen LogP contribution is -2.39. The lowest BCUT2D eigenvalue weighted by atomic mass is 10.2. The smallest absolute Gasteiger partial charge is 0.255 e. The van der Waals surface area contributed by atoms with Gasteiger partial charge >= 0.3 is 0 Å². The molecule has 3 rings (SSSR count). The minimum atomic E-state index is 0.236. The van der Waals surface area contributed by atoms with Gasteiger partial charge < -0.3 is 4.90 Å². The van der Waals surface area contributed by atoms with Gasteiger partial charge in [-0.15, -0.1) is 11.8 Å². The van der Waals surface area contributed by atoms with Crippen molar-refractivity contribution in [3.8, 4) is 0 Å². The summed E-state index contributed by atoms with van der Waals surface area (Å²) in [7, 11) is 0. The van der Waals surface area contributed by atoms with Gasteiger partial charge in [-0.3, -0.25) is 4.79 Å². The molecule has 2 unspecified atom stereocenters. The number of carbonyl (C=O) groups is 1. The topological polar surface area (TPSA) is 20.3 Å². The highest BCUT2D eigenvalue weighted by atomic mass is 32.2. The maximum Gasteiger partial charge on any atom is 0.255 e. The summed E-state index contributed by atoms with van der Waals surface area (Å²) in [4.78, 5) is 15.9. The average Bonchev–Trinajstić information content (AvgIpc) is 3.01. The summed E-state index contributed by atoms with van der Waals surface area (Å²) in [5.74, 6) is 2.37. The van der Waals surface area contributed by atoms with Crippen molar-refractivity contribution < 1.29 is 4.79 Å². The van der Waals surface area contributed by atoms with E-state index in [9.17, 15) is 4.79 Å². The maximum absolute atomic E-state index is 12.6. The third kappa shape index (κ3) is 2.16. The van der Waals surface area contributed by atoms with Crippen LogP contribution in [0.4, 0.5) is 0 Å². The first-order chi connectivity index (χ1) is 8.79. The van der Waals surface area contributed by atoms with E-state index in [0.29, 0.717) is 11.3 Å². The molecule has 0 aromatic heterocycles. The standard InChI is InChI=1S/C14H17NOS2/c1-2-17-13-6-4-3-5-12(13)14(16)15-8-11-7-10(15)9-18-11/h3-6,10-11H,2,7-9H2,1H3. The summed E-state index contributed by atoms with van der Waals surface area (Å²) in [6, 6.07) is 8.49. The number of amides is 1. The zero-order chi connectivity index (χ0) is 12.5. The molecule has 0 saturated carbocycles.